The summed E-state index contributed by atoms with van der Waals surface area (Å²) in [5, 5.41) is 2.16. The number of benzene rings is 3. The van der Waals surface area contributed by atoms with Crippen LogP contribution in [0.25, 0.3) is 67.0 Å². The fraction of sp³-hybridized carbons (Fsp3) is 0.0256. The molecule has 1 spiro atoms. The van der Waals surface area contributed by atoms with Crippen molar-refractivity contribution < 1.29 is 4.42 Å². The summed E-state index contributed by atoms with van der Waals surface area (Å²) in [5.74, 6) is 0. The Labute approximate surface area is 252 Å². The van der Waals surface area contributed by atoms with E-state index in [1.165, 1.54) is 22.3 Å². The van der Waals surface area contributed by atoms with Crippen molar-refractivity contribution in [3.63, 3.8) is 0 Å². The number of hydrogen-bond donors (Lipinski definition) is 0. The lowest BCUT2D eigenvalue weighted by Crippen LogP contribution is -2.26. The van der Waals surface area contributed by atoms with E-state index in [9.17, 15) is 0 Å². The van der Waals surface area contributed by atoms with Crippen molar-refractivity contribution in [2.75, 3.05) is 0 Å². The SMILES string of the molecule is c1ccc(-c2ccc3c(c2)C2(c4cc(-c5nccc6c5oc5ccccc56)ccc4-3)c3cccnc3-c3ncccc32)nc1. The van der Waals surface area contributed by atoms with Crippen molar-refractivity contribution in [1.82, 2.24) is 19.9 Å². The minimum absolute atomic E-state index is 0.597. The summed E-state index contributed by atoms with van der Waals surface area (Å²) in [5.41, 5.74) is 13.8. The predicted molar refractivity (Wildman–Crippen MR) is 172 cm³/mol. The van der Waals surface area contributed by atoms with E-state index in [0.29, 0.717) is 0 Å². The van der Waals surface area contributed by atoms with Gasteiger partial charge in [-0.3, -0.25) is 19.9 Å². The Morgan fingerprint density at radius 2 is 1.11 bits per heavy atom. The lowest BCUT2D eigenvalue weighted by atomic mass is 9.70. The molecule has 5 aromatic heterocycles. The highest BCUT2D eigenvalue weighted by molar-refractivity contribution is 6.09. The summed E-state index contributed by atoms with van der Waals surface area (Å²) >= 11 is 0. The quantitative estimate of drug-likeness (QED) is 0.211. The van der Waals surface area contributed by atoms with Gasteiger partial charge in [-0.2, -0.15) is 0 Å². The van der Waals surface area contributed by atoms with Gasteiger partial charge in [0.25, 0.3) is 0 Å². The van der Waals surface area contributed by atoms with Crippen LogP contribution in [0, 0.1) is 0 Å². The fourth-order valence-corrected chi connectivity index (χ4v) is 7.54. The number of rotatable bonds is 2. The average molecular weight is 563 g/mol. The third-order valence-corrected chi connectivity index (χ3v) is 9.31. The van der Waals surface area contributed by atoms with E-state index in [1.54, 1.807) is 0 Å². The Morgan fingerprint density at radius 3 is 1.86 bits per heavy atom. The van der Waals surface area contributed by atoms with Crippen molar-refractivity contribution in [1.29, 1.82) is 0 Å². The van der Waals surface area contributed by atoms with Gasteiger partial charge in [0.05, 0.1) is 22.5 Å². The van der Waals surface area contributed by atoms with E-state index in [2.05, 4.69) is 65.6 Å². The van der Waals surface area contributed by atoms with Gasteiger partial charge in [-0.1, -0.05) is 60.7 Å². The van der Waals surface area contributed by atoms with E-state index in [0.717, 1.165) is 67.0 Å². The van der Waals surface area contributed by atoms with E-state index in [-0.39, 0.29) is 0 Å². The van der Waals surface area contributed by atoms with Crippen LogP contribution in [0.15, 0.2) is 138 Å². The van der Waals surface area contributed by atoms with Gasteiger partial charge in [-0.05, 0) is 81.9 Å². The van der Waals surface area contributed by atoms with Crippen LogP contribution in [0.5, 0.6) is 0 Å². The first-order chi connectivity index (χ1) is 21.8. The highest BCUT2D eigenvalue weighted by Gasteiger charge is 2.53. The number of pyridine rings is 4. The van der Waals surface area contributed by atoms with Gasteiger partial charge < -0.3 is 4.42 Å². The number of hydrogen-bond acceptors (Lipinski definition) is 5. The Morgan fingerprint density at radius 1 is 0.455 bits per heavy atom. The molecule has 3 aromatic carbocycles. The molecule has 0 saturated heterocycles. The summed E-state index contributed by atoms with van der Waals surface area (Å²) in [6, 6.07) is 38.2. The van der Waals surface area contributed by atoms with Gasteiger partial charge in [0.2, 0.25) is 0 Å². The lowest BCUT2D eigenvalue weighted by molar-refractivity contribution is 0.668. The molecule has 10 rings (SSSR count). The van der Waals surface area contributed by atoms with Crippen LogP contribution in [-0.4, -0.2) is 19.9 Å². The summed E-state index contributed by atoms with van der Waals surface area (Å²) in [6.07, 6.45) is 7.45. The number of nitrogens with zero attached hydrogens (tertiary/aromatic N) is 4. The Balaban J connectivity index is 1.30. The molecule has 0 amide bonds. The highest BCUT2D eigenvalue weighted by Crippen LogP contribution is 2.62. The van der Waals surface area contributed by atoms with Crippen LogP contribution >= 0.6 is 0 Å². The zero-order valence-electron chi connectivity index (χ0n) is 23.4. The zero-order chi connectivity index (χ0) is 28.8. The second-order valence-electron chi connectivity index (χ2n) is 11.4. The van der Waals surface area contributed by atoms with Gasteiger partial charge in [-0.25, -0.2) is 0 Å². The maximum atomic E-state index is 6.42. The minimum atomic E-state index is -0.597. The largest absolute Gasteiger partial charge is 0.454 e. The molecule has 2 aliphatic carbocycles. The van der Waals surface area contributed by atoms with E-state index < -0.39 is 5.41 Å². The molecule has 5 nitrogen and oxygen atoms in total. The molecule has 0 unspecified atom stereocenters. The molecule has 44 heavy (non-hydrogen) atoms. The second-order valence-corrected chi connectivity index (χ2v) is 11.4. The third-order valence-electron chi connectivity index (χ3n) is 9.31. The summed E-state index contributed by atoms with van der Waals surface area (Å²) in [6.45, 7) is 0. The minimum Gasteiger partial charge on any atom is -0.454 e. The van der Waals surface area contributed by atoms with Gasteiger partial charge in [0.1, 0.15) is 11.3 Å². The number of fused-ring (bicyclic) bond motifs is 13. The topological polar surface area (TPSA) is 64.7 Å². The van der Waals surface area contributed by atoms with E-state index in [4.69, 9.17) is 19.4 Å². The molecule has 0 fully saturated rings. The van der Waals surface area contributed by atoms with Crippen molar-refractivity contribution in [2.24, 2.45) is 0 Å². The first kappa shape index (κ1) is 23.6. The Bertz CT molecular complexity index is 2420. The van der Waals surface area contributed by atoms with Crippen molar-refractivity contribution in [3.05, 3.63) is 156 Å². The normalized spacial score (nSPS) is 13.6. The molecule has 0 N–H and O–H groups in total. The number of furan rings is 1. The molecule has 5 heterocycles. The van der Waals surface area contributed by atoms with Crippen LogP contribution in [0.2, 0.25) is 0 Å². The van der Waals surface area contributed by atoms with Crippen LogP contribution in [-0.2, 0) is 5.41 Å². The fourth-order valence-electron chi connectivity index (χ4n) is 7.54. The molecule has 0 bridgehead atoms. The molecule has 2 aliphatic rings. The van der Waals surface area contributed by atoms with Crippen LogP contribution < -0.4 is 0 Å². The first-order valence-corrected chi connectivity index (χ1v) is 14.7. The third kappa shape index (κ3) is 2.93. The van der Waals surface area contributed by atoms with E-state index in [1.807, 2.05) is 73.3 Å². The maximum Gasteiger partial charge on any atom is 0.161 e. The molecule has 0 atom stereocenters. The summed E-state index contributed by atoms with van der Waals surface area (Å²) < 4.78 is 6.42. The van der Waals surface area contributed by atoms with Gasteiger partial charge >= 0.3 is 0 Å². The lowest BCUT2D eigenvalue weighted by Gasteiger charge is -2.30. The standard InChI is InChI=1S/C39H22N4O/c1-2-11-34-27(7-1)28-16-20-43-35(38(28)44-34)24-13-15-26-25-14-12-23(33-10-3-4-17-40-33)21-31(25)39(32(26)22-24)29-8-5-18-41-36(29)37-30(39)9-6-19-42-37/h1-22H. The molecule has 0 radical (unpaired) electrons. The number of aromatic nitrogens is 4. The van der Waals surface area contributed by atoms with Gasteiger partial charge in [0.15, 0.2) is 5.58 Å². The van der Waals surface area contributed by atoms with Crippen LogP contribution in [0.1, 0.15) is 22.3 Å². The van der Waals surface area contributed by atoms with E-state index >= 15 is 0 Å². The summed E-state index contributed by atoms with van der Waals surface area (Å²) in [4.78, 5) is 19.3. The van der Waals surface area contributed by atoms with Gasteiger partial charge in [0, 0.05) is 46.7 Å². The average Bonchev–Trinajstić information content (AvgIpc) is 3.72. The Kier molecular flexibility index (Phi) is 4.59. The monoisotopic (exact) mass is 562 g/mol. The molecular formula is C39H22N4O. The molecule has 8 aromatic rings. The number of para-hydroxylation sites is 1. The van der Waals surface area contributed by atoms with Crippen molar-refractivity contribution in [3.8, 4) is 45.0 Å². The molecular weight excluding hydrogens is 540 g/mol. The summed E-state index contributed by atoms with van der Waals surface area (Å²) in [7, 11) is 0. The molecule has 0 saturated carbocycles. The van der Waals surface area contributed by atoms with Crippen LogP contribution in [0.3, 0.4) is 0 Å². The highest BCUT2D eigenvalue weighted by atomic mass is 16.3. The molecule has 204 valence electrons. The van der Waals surface area contributed by atoms with Crippen molar-refractivity contribution in [2.45, 2.75) is 5.41 Å². The van der Waals surface area contributed by atoms with Crippen LogP contribution in [0.4, 0.5) is 0 Å². The maximum absolute atomic E-state index is 6.42. The smallest absolute Gasteiger partial charge is 0.161 e. The van der Waals surface area contributed by atoms with Crippen molar-refractivity contribution >= 4 is 21.9 Å². The first-order valence-electron chi connectivity index (χ1n) is 14.7. The molecule has 5 heteroatoms. The molecule has 0 aliphatic heterocycles. The Hall–Kier alpha value is -5.94. The second kappa shape index (κ2) is 8.55. The van der Waals surface area contributed by atoms with Gasteiger partial charge in [-0.15, -0.1) is 0 Å². The zero-order valence-corrected chi connectivity index (χ0v) is 23.4. The predicted octanol–water partition coefficient (Wildman–Crippen LogP) is 8.84.